The Labute approximate surface area is 180 Å². The number of rotatable bonds is 7. The molecule has 1 saturated heterocycles. The van der Waals surface area contributed by atoms with Crippen LogP contribution in [0.3, 0.4) is 0 Å². The molecule has 2 aliphatic heterocycles. The lowest BCUT2D eigenvalue weighted by Crippen LogP contribution is -2.62. The van der Waals surface area contributed by atoms with Crippen LogP contribution in [0, 0.1) is 5.41 Å². The van der Waals surface area contributed by atoms with Crippen molar-refractivity contribution < 1.29 is 4.74 Å². The number of hydrogen-bond acceptors (Lipinski definition) is 5. The standard InChI is InChI=1S/C25H34N4O/c1-28(2)12-10-22-24-21(9-13-29(22)16-19-6-4-3-5-7-19)27-11-8-23(24)30-20-14-25(15-20)17-26-18-25/h3-8,11,20,22,26H,9-10,12-18H2,1-2H3. The summed E-state index contributed by atoms with van der Waals surface area (Å²) in [6.07, 6.45) is 6.77. The molecule has 0 radical (unpaired) electrons. The summed E-state index contributed by atoms with van der Waals surface area (Å²) in [5, 5.41) is 3.42. The summed E-state index contributed by atoms with van der Waals surface area (Å²) in [6, 6.07) is 13.3. The molecule has 160 valence electrons. The lowest BCUT2D eigenvalue weighted by Gasteiger charge is -2.54. The minimum atomic E-state index is 0.347. The zero-order valence-corrected chi connectivity index (χ0v) is 18.3. The molecule has 5 rings (SSSR count). The second-order valence-corrected chi connectivity index (χ2v) is 9.73. The van der Waals surface area contributed by atoms with Gasteiger partial charge >= 0.3 is 0 Å². The molecule has 30 heavy (non-hydrogen) atoms. The van der Waals surface area contributed by atoms with Crippen LogP contribution in [-0.4, -0.2) is 61.2 Å². The van der Waals surface area contributed by atoms with E-state index in [1.54, 1.807) is 0 Å². The zero-order valence-electron chi connectivity index (χ0n) is 18.3. The summed E-state index contributed by atoms with van der Waals surface area (Å²) in [4.78, 5) is 9.69. The van der Waals surface area contributed by atoms with E-state index in [0.717, 1.165) is 51.3 Å². The van der Waals surface area contributed by atoms with Gasteiger partial charge in [0.25, 0.3) is 0 Å². The number of ether oxygens (including phenoxy) is 1. The number of fused-ring (bicyclic) bond motifs is 1. The second kappa shape index (κ2) is 8.29. The van der Waals surface area contributed by atoms with Crippen molar-refractivity contribution in [2.24, 2.45) is 5.41 Å². The third-order valence-corrected chi connectivity index (χ3v) is 7.14. The van der Waals surface area contributed by atoms with Crippen molar-refractivity contribution in [2.45, 2.75) is 44.4 Å². The van der Waals surface area contributed by atoms with Gasteiger partial charge in [-0.2, -0.15) is 0 Å². The van der Waals surface area contributed by atoms with Gasteiger partial charge in [-0.15, -0.1) is 0 Å². The van der Waals surface area contributed by atoms with Gasteiger partial charge in [-0.25, -0.2) is 0 Å². The predicted octanol–water partition coefficient (Wildman–Crippen LogP) is 3.26. The summed E-state index contributed by atoms with van der Waals surface area (Å²) >= 11 is 0. The van der Waals surface area contributed by atoms with Crippen LogP contribution in [0.1, 0.15) is 42.1 Å². The lowest BCUT2D eigenvalue weighted by molar-refractivity contribution is -0.0506. The molecule has 5 nitrogen and oxygen atoms in total. The highest BCUT2D eigenvalue weighted by Gasteiger charge is 2.50. The van der Waals surface area contributed by atoms with Crippen LogP contribution in [0.2, 0.25) is 0 Å². The molecule has 1 aromatic carbocycles. The highest BCUT2D eigenvalue weighted by Crippen LogP contribution is 2.47. The minimum Gasteiger partial charge on any atom is -0.490 e. The van der Waals surface area contributed by atoms with Crippen molar-refractivity contribution in [3.8, 4) is 5.75 Å². The monoisotopic (exact) mass is 406 g/mol. The molecule has 5 heteroatoms. The van der Waals surface area contributed by atoms with Gasteiger partial charge in [-0.05, 0) is 51.5 Å². The number of hydrogen-bond donors (Lipinski definition) is 1. The summed E-state index contributed by atoms with van der Waals surface area (Å²) < 4.78 is 6.61. The molecule has 2 aromatic rings. The van der Waals surface area contributed by atoms with E-state index in [4.69, 9.17) is 9.72 Å². The molecule has 3 heterocycles. The number of nitrogens with one attached hydrogen (secondary N) is 1. The van der Waals surface area contributed by atoms with Crippen LogP contribution in [0.4, 0.5) is 0 Å². The smallest absolute Gasteiger partial charge is 0.127 e. The molecule has 2 fully saturated rings. The van der Waals surface area contributed by atoms with Gasteiger partial charge in [0.15, 0.2) is 0 Å². The Morgan fingerprint density at radius 1 is 1.17 bits per heavy atom. The molecular formula is C25H34N4O. The summed E-state index contributed by atoms with van der Waals surface area (Å²) in [5.41, 5.74) is 4.48. The summed E-state index contributed by atoms with van der Waals surface area (Å²) in [7, 11) is 4.32. The first-order valence-electron chi connectivity index (χ1n) is 11.4. The maximum absolute atomic E-state index is 6.61. The quantitative estimate of drug-likeness (QED) is 0.764. The Hall–Kier alpha value is -1.95. The fraction of sp³-hybridized carbons (Fsp3) is 0.560. The number of aromatic nitrogens is 1. The van der Waals surface area contributed by atoms with Crippen LogP contribution >= 0.6 is 0 Å². The lowest BCUT2D eigenvalue weighted by atomic mass is 9.63. The summed E-state index contributed by atoms with van der Waals surface area (Å²) in [5.74, 6) is 1.08. The molecule has 1 aromatic heterocycles. The van der Waals surface area contributed by atoms with E-state index in [0.29, 0.717) is 17.6 Å². The molecule has 3 aliphatic rings. The molecule has 1 aliphatic carbocycles. The second-order valence-electron chi connectivity index (χ2n) is 9.73. The Morgan fingerprint density at radius 2 is 1.97 bits per heavy atom. The van der Waals surface area contributed by atoms with Gasteiger partial charge in [-0.3, -0.25) is 9.88 Å². The van der Waals surface area contributed by atoms with E-state index in [2.05, 4.69) is 65.6 Å². The van der Waals surface area contributed by atoms with Gasteiger partial charge in [0.2, 0.25) is 0 Å². The molecule has 0 amide bonds. The average Bonchev–Trinajstić information content (AvgIpc) is 2.68. The minimum absolute atomic E-state index is 0.347. The molecule has 0 bridgehead atoms. The van der Waals surface area contributed by atoms with Gasteiger partial charge in [0, 0.05) is 55.8 Å². The Bertz CT molecular complexity index is 857. The molecule has 1 N–H and O–H groups in total. The van der Waals surface area contributed by atoms with Crippen LogP contribution in [0.25, 0.3) is 0 Å². The maximum atomic E-state index is 6.61. The zero-order chi connectivity index (χ0) is 20.6. The van der Waals surface area contributed by atoms with Crippen LogP contribution in [-0.2, 0) is 13.0 Å². The Kier molecular flexibility index (Phi) is 5.52. The van der Waals surface area contributed by atoms with Crippen molar-refractivity contribution >= 4 is 0 Å². The molecule has 1 spiro atoms. The third-order valence-electron chi connectivity index (χ3n) is 7.14. The normalized spacial score (nSPS) is 23.1. The van der Waals surface area contributed by atoms with Crippen molar-refractivity contribution in [3.05, 3.63) is 59.4 Å². The van der Waals surface area contributed by atoms with Gasteiger partial charge in [0.1, 0.15) is 5.75 Å². The van der Waals surface area contributed by atoms with E-state index >= 15 is 0 Å². The molecule has 1 unspecified atom stereocenters. The largest absolute Gasteiger partial charge is 0.490 e. The van der Waals surface area contributed by atoms with Crippen LogP contribution in [0.5, 0.6) is 5.75 Å². The van der Waals surface area contributed by atoms with E-state index in [1.807, 2.05) is 6.20 Å². The topological polar surface area (TPSA) is 40.6 Å². The van der Waals surface area contributed by atoms with Gasteiger partial charge < -0.3 is 15.0 Å². The first-order valence-corrected chi connectivity index (χ1v) is 11.4. The van der Waals surface area contributed by atoms with E-state index < -0.39 is 0 Å². The third kappa shape index (κ3) is 3.98. The van der Waals surface area contributed by atoms with Crippen molar-refractivity contribution in [2.75, 3.05) is 40.3 Å². The number of pyridine rings is 1. The summed E-state index contributed by atoms with van der Waals surface area (Å²) in [6.45, 7) is 5.41. The van der Waals surface area contributed by atoms with Crippen molar-refractivity contribution in [1.82, 2.24) is 20.1 Å². The van der Waals surface area contributed by atoms with Crippen LogP contribution in [0.15, 0.2) is 42.6 Å². The fourth-order valence-electron chi connectivity index (χ4n) is 5.39. The van der Waals surface area contributed by atoms with Crippen molar-refractivity contribution in [3.63, 3.8) is 0 Å². The first-order chi connectivity index (χ1) is 14.6. The van der Waals surface area contributed by atoms with Gasteiger partial charge in [0.05, 0.1) is 11.8 Å². The van der Waals surface area contributed by atoms with E-state index in [-0.39, 0.29) is 0 Å². The SMILES string of the molecule is CN(C)CCC1c2c(OC3CC4(CNC4)C3)ccnc2CCN1Cc1ccccc1. The van der Waals surface area contributed by atoms with E-state index in [9.17, 15) is 0 Å². The first kappa shape index (κ1) is 20.0. The Balaban J connectivity index is 1.39. The highest BCUT2D eigenvalue weighted by molar-refractivity contribution is 5.41. The average molecular weight is 407 g/mol. The predicted molar refractivity (Wildman–Crippen MR) is 120 cm³/mol. The van der Waals surface area contributed by atoms with E-state index in [1.165, 1.54) is 29.7 Å². The Morgan fingerprint density at radius 3 is 2.67 bits per heavy atom. The maximum Gasteiger partial charge on any atom is 0.127 e. The molecular weight excluding hydrogens is 372 g/mol. The number of benzene rings is 1. The fourth-order valence-corrected chi connectivity index (χ4v) is 5.39. The van der Waals surface area contributed by atoms with Gasteiger partial charge in [-0.1, -0.05) is 30.3 Å². The van der Waals surface area contributed by atoms with Crippen LogP contribution < -0.4 is 10.1 Å². The highest BCUT2D eigenvalue weighted by atomic mass is 16.5. The van der Waals surface area contributed by atoms with Crippen molar-refractivity contribution in [1.29, 1.82) is 0 Å². The molecule has 1 saturated carbocycles. The number of nitrogens with zero attached hydrogens (tertiary/aromatic N) is 3. The molecule has 1 atom stereocenters.